The number of carbonyl (C=O) groups excluding carboxylic acids is 1. The number of hydrogen-bond acceptors (Lipinski definition) is 6. The van der Waals surface area contributed by atoms with Gasteiger partial charge < -0.3 is 5.32 Å². The minimum absolute atomic E-state index is 0.0456. The number of anilines is 2. The average molecular weight is 337 g/mol. The molecule has 0 unspecified atom stereocenters. The quantitative estimate of drug-likeness (QED) is 0.574. The fraction of sp³-hybridized carbons (Fsp3) is 0.176. The van der Waals surface area contributed by atoms with Crippen molar-refractivity contribution in [2.24, 2.45) is 0 Å². The van der Waals surface area contributed by atoms with Crippen molar-refractivity contribution in [1.82, 2.24) is 19.6 Å². The van der Waals surface area contributed by atoms with Gasteiger partial charge in [0.05, 0.1) is 5.39 Å². The lowest BCUT2D eigenvalue weighted by Crippen LogP contribution is -2.03. The van der Waals surface area contributed by atoms with E-state index in [1.165, 1.54) is 16.8 Å². The topological polar surface area (TPSA) is 72.2 Å². The fourth-order valence-corrected chi connectivity index (χ4v) is 3.68. The minimum atomic E-state index is 0.0456. The van der Waals surface area contributed by atoms with Crippen molar-refractivity contribution in [3.05, 3.63) is 46.6 Å². The number of Topliss-reactive ketones (excluding diaryl/α,β-unsaturated/α-hetero) is 1. The van der Waals surface area contributed by atoms with E-state index < -0.39 is 0 Å². The molecule has 1 aromatic carbocycles. The molecule has 0 spiro atoms. The third-order valence-corrected chi connectivity index (χ3v) is 5.19. The van der Waals surface area contributed by atoms with Gasteiger partial charge in [0.15, 0.2) is 11.4 Å². The van der Waals surface area contributed by atoms with E-state index in [9.17, 15) is 4.79 Å². The summed E-state index contributed by atoms with van der Waals surface area (Å²) in [5, 5.41) is 8.61. The molecule has 120 valence electrons. The molecule has 0 saturated heterocycles. The van der Waals surface area contributed by atoms with E-state index in [0.717, 1.165) is 21.6 Å². The lowest BCUT2D eigenvalue weighted by atomic mass is 10.1. The van der Waals surface area contributed by atoms with Gasteiger partial charge in [0.25, 0.3) is 0 Å². The van der Waals surface area contributed by atoms with Crippen LogP contribution in [0.25, 0.3) is 15.9 Å². The van der Waals surface area contributed by atoms with Gasteiger partial charge >= 0.3 is 0 Å². The number of aromatic nitrogens is 4. The second-order valence-electron chi connectivity index (χ2n) is 5.65. The normalized spacial score (nSPS) is 11.3. The van der Waals surface area contributed by atoms with Crippen molar-refractivity contribution in [2.75, 3.05) is 5.32 Å². The Morgan fingerprint density at radius 3 is 2.67 bits per heavy atom. The fourth-order valence-electron chi connectivity index (χ4n) is 2.66. The molecule has 0 atom stereocenters. The van der Waals surface area contributed by atoms with Crippen molar-refractivity contribution in [1.29, 1.82) is 0 Å². The van der Waals surface area contributed by atoms with Crippen molar-refractivity contribution in [3.8, 4) is 0 Å². The maximum absolute atomic E-state index is 11.4. The first kappa shape index (κ1) is 14.8. The molecule has 0 bridgehead atoms. The summed E-state index contributed by atoms with van der Waals surface area (Å²) in [5.74, 6) is 0.649. The number of nitrogens with one attached hydrogen (secondary N) is 1. The minimum Gasteiger partial charge on any atom is -0.324 e. The average Bonchev–Trinajstić information content (AvgIpc) is 3.14. The molecule has 0 saturated carbocycles. The molecule has 0 fully saturated rings. The van der Waals surface area contributed by atoms with Crippen molar-refractivity contribution in [2.45, 2.75) is 20.8 Å². The number of benzene rings is 1. The van der Waals surface area contributed by atoms with Crippen molar-refractivity contribution in [3.63, 3.8) is 0 Å². The summed E-state index contributed by atoms with van der Waals surface area (Å²) in [4.78, 5) is 22.7. The van der Waals surface area contributed by atoms with E-state index in [1.807, 2.05) is 12.1 Å². The van der Waals surface area contributed by atoms with Gasteiger partial charge in [-0.3, -0.25) is 4.79 Å². The van der Waals surface area contributed by atoms with Crippen LogP contribution in [0.4, 0.5) is 11.6 Å². The molecule has 4 aromatic rings. The Kier molecular flexibility index (Phi) is 3.31. The maximum Gasteiger partial charge on any atom is 0.231 e. The highest BCUT2D eigenvalue weighted by atomic mass is 32.1. The number of carbonyl (C=O) groups is 1. The summed E-state index contributed by atoms with van der Waals surface area (Å²) in [7, 11) is 0. The summed E-state index contributed by atoms with van der Waals surface area (Å²) in [5.41, 5.74) is 3.51. The molecule has 0 radical (unpaired) electrons. The van der Waals surface area contributed by atoms with Gasteiger partial charge in [0, 0.05) is 16.1 Å². The number of fused-ring (bicyclic) bond motifs is 3. The lowest BCUT2D eigenvalue weighted by molar-refractivity contribution is 0.101. The van der Waals surface area contributed by atoms with E-state index in [0.29, 0.717) is 11.5 Å². The van der Waals surface area contributed by atoms with Gasteiger partial charge in [0.1, 0.15) is 11.2 Å². The molecule has 0 aliphatic heterocycles. The molecule has 1 N–H and O–H groups in total. The van der Waals surface area contributed by atoms with Gasteiger partial charge in [-0.15, -0.1) is 11.3 Å². The van der Waals surface area contributed by atoms with Gasteiger partial charge in [-0.25, -0.2) is 9.97 Å². The number of thiophene rings is 1. The number of aryl methyl sites for hydroxylation is 2. The van der Waals surface area contributed by atoms with Crippen LogP contribution >= 0.6 is 11.3 Å². The maximum atomic E-state index is 11.4. The van der Waals surface area contributed by atoms with E-state index in [1.54, 1.807) is 34.9 Å². The highest BCUT2D eigenvalue weighted by molar-refractivity contribution is 7.18. The molecule has 3 heterocycles. The first-order chi connectivity index (χ1) is 11.5. The molecule has 6 nitrogen and oxygen atoms in total. The highest BCUT2D eigenvalue weighted by Gasteiger charge is 2.16. The predicted octanol–water partition coefficient (Wildman–Crippen LogP) is 3.90. The zero-order chi connectivity index (χ0) is 16.8. The smallest absolute Gasteiger partial charge is 0.231 e. The Bertz CT molecular complexity index is 1080. The first-order valence-electron chi connectivity index (χ1n) is 7.52. The van der Waals surface area contributed by atoms with Gasteiger partial charge in [0.2, 0.25) is 5.95 Å². The predicted molar refractivity (Wildman–Crippen MR) is 95.4 cm³/mol. The van der Waals surface area contributed by atoms with Crippen LogP contribution in [0.5, 0.6) is 0 Å². The number of ketones is 1. The van der Waals surface area contributed by atoms with Crippen LogP contribution in [-0.4, -0.2) is 25.4 Å². The molecule has 24 heavy (non-hydrogen) atoms. The molecule has 0 aliphatic carbocycles. The molecule has 7 heteroatoms. The first-order valence-corrected chi connectivity index (χ1v) is 8.33. The second kappa shape index (κ2) is 5.38. The Labute approximate surface area is 142 Å². The van der Waals surface area contributed by atoms with E-state index in [4.69, 9.17) is 4.98 Å². The summed E-state index contributed by atoms with van der Waals surface area (Å²) in [6, 6.07) is 7.30. The summed E-state index contributed by atoms with van der Waals surface area (Å²) in [6.45, 7) is 5.72. The zero-order valence-electron chi connectivity index (χ0n) is 13.5. The molecule has 3 aromatic heterocycles. The standard InChI is InChI=1S/C17H15N5OS/c1-9-11(3)24-16-14(9)15-18-8-19-22(15)17(21-16)20-13-6-4-12(5-7-13)10(2)23/h4-8H,1-3H3,(H,20,21). The van der Waals surface area contributed by atoms with Crippen molar-refractivity contribution >= 4 is 44.6 Å². The van der Waals surface area contributed by atoms with Crippen LogP contribution in [0, 0.1) is 13.8 Å². The number of hydrogen-bond donors (Lipinski definition) is 1. The van der Waals surface area contributed by atoms with Crippen LogP contribution in [0.1, 0.15) is 27.7 Å². The van der Waals surface area contributed by atoms with E-state index in [-0.39, 0.29) is 5.78 Å². The number of rotatable bonds is 3. The molecule has 0 amide bonds. The van der Waals surface area contributed by atoms with Gasteiger partial charge in [-0.1, -0.05) is 0 Å². The SMILES string of the molecule is CC(=O)c1ccc(Nc2nc3sc(C)c(C)c3c3ncnn23)cc1. The highest BCUT2D eigenvalue weighted by Crippen LogP contribution is 2.32. The van der Waals surface area contributed by atoms with Crippen LogP contribution in [-0.2, 0) is 0 Å². The molecule has 4 rings (SSSR count). The number of nitrogens with zero attached hydrogens (tertiary/aromatic N) is 4. The van der Waals surface area contributed by atoms with Crippen LogP contribution in [0.2, 0.25) is 0 Å². The van der Waals surface area contributed by atoms with Crippen LogP contribution in [0.15, 0.2) is 30.6 Å². The van der Waals surface area contributed by atoms with E-state index in [2.05, 4.69) is 29.2 Å². The van der Waals surface area contributed by atoms with Gasteiger partial charge in [-0.2, -0.15) is 9.61 Å². The van der Waals surface area contributed by atoms with E-state index >= 15 is 0 Å². The van der Waals surface area contributed by atoms with Crippen LogP contribution < -0.4 is 5.32 Å². The molecule has 0 aliphatic rings. The second-order valence-corrected chi connectivity index (χ2v) is 6.86. The van der Waals surface area contributed by atoms with Gasteiger partial charge in [-0.05, 0) is 50.6 Å². The Balaban J connectivity index is 1.83. The third kappa shape index (κ3) is 2.25. The third-order valence-electron chi connectivity index (χ3n) is 4.09. The Morgan fingerprint density at radius 1 is 1.21 bits per heavy atom. The lowest BCUT2D eigenvalue weighted by Gasteiger charge is -2.08. The molecular formula is C17H15N5OS. The van der Waals surface area contributed by atoms with Crippen LogP contribution in [0.3, 0.4) is 0 Å². The van der Waals surface area contributed by atoms with Crippen molar-refractivity contribution < 1.29 is 4.79 Å². The Morgan fingerprint density at radius 2 is 1.96 bits per heavy atom. The monoisotopic (exact) mass is 337 g/mol. The summed E-state index contributed by atoms with van der Waals surface area (Å²) in [6.07, 6.45) is 1.53. The largest absolute Gasteiger partial charge is 0.324 e. The zero-order valence-corrected chi connectivity index (χ0v) is 14.3. The Hall–Kier alpha value is -2.80. The molecular weight excluding hydrogens is 322 g/mol. The summed E-state index contributed by atoms with van der Waals surface area (Å²) >= 11 is 1.65. The summed E-state index contributed by atoms with van der Waals surface area (Å²) < 4.78 is 1.71.